The molecule has 2 rings (SSSR count). The van der Waals surface area contributed by atoms with Gasteiger partial charge in [0.05, 0.1) is 12.1 Å². The summed E-state index contributed by atoms with van der Waals surface area (Å²) < 4.78 is 7.53. The molecule has 0 aliphatic carbocycles. The van der Waals surface area contributed by atoms with Crippen LogP contribution in [-0.2, 0) is 17.7 Å². The predicted octanol–water partition coefficient (Wildman–Crippen LogP) is 3.43. The molecule has 5 nitrogen and oxygen atoms in total. The van der Waals surface area contributed by atoms with Gasteiger partial charge < -0.3 is 15.0 Å². The highest BCUT2D eigenvalue weighted by Gasteiger charge is 2.15. The fourth-order valence-corrected chi connectivity index (χ4v) is 3.69. The smallest absolute Gasteiger partial charge is 0.151 e. The van der Waals surface area contributed by atoms with E-state index in [0.29, 0.717) is 12.4 Å². The third kappa shape index (κ3) is 4.61. The molecular formula is C17H28N4OS. The molecule has 6 heteroatoms. The van der Waals surface area contributed by atoms with Crippen molar-refractivity contribution in [3.8, 4) is 0 Å². The van der Waals surface area contributed by atoms with E-state index in [0.717, 1.165) is 41.8 Å². The van der Waals surface area contributed by atoms with Crippen molar-refractivity contribution in [3.63, 3.8) is 0 Å². The third-order valence-corrected chi connectivity index (χ3v) is 5.06. The number of anilines is 1. The number of nitrogens with two attached hydrogens (primary N) is 1. The van der Waals surface area contributed by atoms with Crippen LogP contribution in [0.1, 0.15) is 37.6 Å². The van der Waals surface area contributed by atoms with Gasteiger partial charge in [0, 0.05) is 26.3 Å². The molecule has 2 N–H and O–H groups in total. The van der Waals surface area contributed by atoms with Gasteiger partial charge in [0.25, 0.3) is 0 Å². The van der Waals surface area contributed by atoms with Gasteiger partial charge in [-0.25, -0.2) is 9.97 Å². The molecule has 128 valence electrons. The van der Waals surface area contributed by atoms with Gasteiger partial charge in [0.1, 0.15) is 11.3 Å². The molecule has 0 bridgehead atoms. The number of pyridine rings is 1. The Balaban J connectivity index is 2.15. The number of nitrogen functional groups attached to an aromatic ring is 1. The van der Waals surface area contributed by atoms with E-state index in [1.165, 1.54) is 24.3 Å². The van der Waals surface area contributed by atoms with Crippen LogP contribution in [0.15, 0.2) is 6.20 Å². The first kappa shape index (κ1) is 18.1. The third-order valence-electron chi connectivity index (χ3n) is 3.90. The topological polar surface area (TPSA) is 66.0 Å². The van der Waals surface area contributed by atoms with Crippen LogP contribution in [0, 0.1) is 6.92 Å². The zero-order chi connectivity index (χ0) is 16.7. The summed E-state index contributed by atoms with van der Waals surface area (Å²) in [6.45, 7) is 5.95. The number of nitrogens with zero attached hydrogens (tertiary/aromatic N) is 3. The van der Waals surface area contributed by atoms with Crippen molar-refractivity contribution in [1.29, 1.82) is 0 Å². The van der Waals surface area contributed by atoms with Crippen LogP contribution in [0.25, 0.3) is 11.0 Å². The molecule has 2 aromatic rings. The Kier molecular flexibility index (Phi) is 7.17. The summed E-state index contributed by atoms with van der Waals surface area (Å²) in [5, 5.41) is 0. The fraction of sp³-hybridized carbons (Fsp3) is 0.647. The Morgan fingerprint density at radius 2 is 2.09 bits per heavy atom. The van der Waals surface area contributed by atoms with Crippen molar-refractivity contribution in [2.45, 2.75) is 46.1 Å². The quantitative estimate of drug-likeness (QED) is 0.673. The van der Waals surface area contributed by atoms with Crippen molar-refractivity contribution in [1.82, 2.24) is 14.5 Å². The van der Waals surface area contributed by atoms with Gasteiger partial charge in [-0.05, 0) is 36.8 Å². The number of rotatable bonds is 10. The maximum atomic E-state index is 6.02. The summed E-state index contributed by atoms with van der Waals surface area (Å²) in [7, 11) is 1.72. The minimum Gasteiger partial charge on any atom is -0.384 e. The SMILES string of the molecule is CCCCSCCCn1c(CCOC)nc2c(N)ncc(C)c21. The zero-order valence-corrected chi connectivity index (χ0v) is 15.3. The average Bonchev–Trinajstić information content (AvgIpc) is 2.92. The number of unbranched alkanes of at least 4 members (excludes halogenated alkanes) is 1. The Hall–Kier alpha value is -1.27. The molecule has 0 aliphatic rings. The number of hydrogen-bond acceptors (Lipinski definition) is 5. The molecular weight excluding hydrogens is 308 g/mol. The first-order valence-corrected chi connectivity index (χ1v) is 9.51. The molecule has 0 spiro atoms. The van der Waals surface area contributed by atoms with E-state index in [1.54, 1.807) is 7.11 Å². The lowest BCUT2D eigenvalue weighted by atomic mass is 10.2. The van der Waals surface area contributed by atoms with Crippen molar-refractivity contribution >= 4 is 28.6 Å². The van der Waals surface area contributed by atoms with Crippen molar-refractivity contribution in [2.75, 3.05) is 31.0 Å². The van der Waals surface area contributed by atoms with E-state index in [-0.39, 0.29) is 0 Å². The fourth-order valence-electron chi connectivity index (χ4n) is 2.66. The molecule has 0 saturated carbocycles. The molecule has 0 radical (unpaired) electrons. The van der Waals surface area contributed by atoms with Gasteiger partial charge in [-0.15, -0.1) is 0 Å². The molecule has 0 aromatic carbocycles. The van der Waals surface area contributed by atoms with Gasteiger partial charge in [-0.3, -0.25) is 0 Å². The maximum Gasteiger partial charge on any atom is 0.151 e. The summed E-state index contributed by atoms with van der Waals surface area (Å²) in [5.41, 5.74) is 9.11. The summed E-state index contributed by atoms with van der Waals surface area (Å²) in [6.07, 6.45) is 6.35. The van der Waals surface area contributed by atoms with E-state index in [1.807, 2.05) is 18.0 Å². The second-order valence-electron chi connectivity index (χ2n) is 5.77. The number of aryl methyl sites for hydroxylation is 2. The Labute approximate surface area is 143 Å². The minimum atomic E-state index is 0.514. The summed E-state index contributed by atoms with van der Waals surface area (Å²) >= 11 is 2.04. The summed E-state index contributed by atoms with van der Waals surface area (Å²) in [4.78, 5) is 8.97. The largest absolute Gasteiger partial charge is 0.384 e. The minimum absolute atomic E-state index is 0.514. The normalized spacial score (nSPS) is 11.4. The number of thioether (sulfide) groups is 1. The summed E-state index contributed by atoms with van der Waals surface area (Å²) in [5.74, 6) is 4.00. The second kappa shape index (κ2) is 9.13. The van der Waals surface area contributed by atoms with E-state index in [4.69, 9.17) is 15.5 Å². The second-order valence-corrected chi connectivity index (χ2v) is 6.99. The van der Waals surface area contributed by atoms with Crippen molar-refractivity contribution in [3.05, 3.63) is 17.6 Å². The molecule has 0 saturated heterocycles. The molecule has 0 aliphatic heterocycles. The molecule has 2 heterocycles. The first-order chi connectivity index (χ1) is 11.2. The lowest BCUT2D eigenvalue weighted by Crippen LogP contribution is -2.08. The molecule has 0 atom stereocenters. The number of imidazole rings is 1. The lowest BCUT2D eigenvalue weighted by Gasteiger charge is -2.10. The van der Waals surface area contributed by atoms with Crippen molar-refractivity contribution in [2.24, 2.45) is 0 Å². The first-order valence-electron chi connectivity index (χ1n) is 8.35. The van der Waals surface area contributed by atoms with Gasteiger partial charge in [-0.1, -0.05) is 13.3 Å². The monoisotopic (exact) mass is 336 g/mol. The number of ether oxygens (including phenoxy) is 1. The number of methoxy groups -OCH3 is 1. The Bertz CT molecular complexity index is 627. The van der Waals surface area contributed by atoms with Crippen LogP contribution >= 0.6 is 11.8 Å². The predicted molar refractivity (Wildman–Crippen MR) is 99.1 cm³/mol. The van der Waals surface area contributed by atoms with Gasteiger partial charge in [0.15, 0.2) is 5.82 Å². The number of hydrogen-bond donors (Lipinski definition) is 1. The lowest BCUT2D eigenvalue weighted by molar-refractivity contribution is 0.199. The van der Waals surface area contributed by atoms with E-state index < -0.39 is 0 Å². The number of aromatic nitrogens is 3. The maximum absolute atomic E-state index is 6.02. The highest BCUT2D eigenvalue weighted by molar-refractivity contribution is 7.99. The molecule has 0 fully saturated rings. The van der Waals surface area contributed by atoms with Crippen LogP contribution < -0.4 is 5.73 Å². The summed E-state index contributed by atoms with van der Waals surface area (Å²) in [6, 6.07) is 0. The standard InChI is InChI=1S/C17H28N4OS/c1-4-5-10-23-11-6-8-21-14(7-9-22-3)20-15-16(21)13(2)12-19-17(15)18/h12H,4-11H2,1-3H3,(H2,18,19). The van der Waals surface area contributed by atoms with Gasteiger partial charge in [0.2, 0.25) is 0 Å². The Morgan fingerprint density at radius 1 is 1.30 bits per heavy atom. The van der Waals surface area contributed by atoms with E-state index in [9.17, 15) is 0 Å². The average molecular weight is 337 g/mol. The highest BCUT2D eigenvalue weighted by atomic mass is 32.2. The molecule has 23 heavy (non-hydrogen) atoms. The Morgan fingerprint density at radius 3 is 2.83 bits per heavy atom. The molecule has 2 aromatic heterocycles. The molecule has 0 amide bonds. The van der Waals surface area contributed by atoms with Gasteiger partial charge in [-0.2, -0.15) is 11.8 Å². The molecule has 0 unspecified atom stereocenters. The van der Waals surface area contributed by atoms with Crippen LogP contribution in [0.2, 0.25) is 0 Å². The van der Waals surface area contributed by atoms with Crippen LogP contribution in [0.3, 0.4) is 0 Å². The van der Waals surface area contributed by atoms with Gasteiger partial charge >= 0.3 is 0 Å². The van der Waals surface area contributed by atoms with Crippen LogP contribution in [0.5, 0.6) is 0 Å². The highest BCUT2D eigenvalue weighted by Crippen LogP contribution is 2.24. The van der Waals surface area contributed by atoms with Crippen LogP contribution in [0.4, 0.5) is 5.82 Å². The zero-order valence-electron chi connectivity index (χ0n) is 14.5. The van der Waals surface area contributed by atoms with Crippen LogP contribution in [-0.4, -0.2) is 39.8 Å². The van der Waals surface area contributed by atoms with E-state index in [2.05, 4.69) is 23.4 Å². The van der Waals surface area contributed by atoms with E-state index >= 15 is 0 Å². The van der Waals surface area contributed by atoms with Crippen molar-refractivity contribution < 1.29 is 4.74 Å². The number of fused-ring (bicyclic) bond motifs is 1.